The van der Waals surface area contributed by atoms with Crippen LogP contribution in [-0.2, 0) is 13.2 Å². The minimum Gasteiger partial charge on any atom is -0.491 e. The second-order valence-corrected chi connectivity index (χ2v) is 5.39. The molecule has 0 aliphatic rings. The summed E-state index contributed by atoms with van der Waals surface area (Å²) in [5, 5.41) is 28.5. The van der Waals surface area contributed by atoms with Gasteiger partial charge >= 0.3 is 0 Å². The molecular weight excluding hydrogens is 306 g/mol. The molecule has 1 atom stereocenters. The molecule has 6 nitrogen and oxygen atoms in total. The van der Waals surface area contributed by atoms with E-state index in [-0.39, 0.29) is 19.8 Å². The smallest absolute Gasteiger partial charge is 0.135 e. The van der Waals surface area contributed by atoms with Gasteiger partial charge in [0.05, 0.1) is 29.2 Å². The number of aromatic nitrogens is 2. The molecule has 0 aliphatic heterocycles. The monoisotopic (exact) mass is 323 g/mol. The first-order valence-corrected chi connectivity index (χ1v) is 7.57. The van der Waals surface area contributed by atoms with E-state index >= 15 is 0 Å². The van der Waals surface area contributed by atoms with E-state index in [0.29, 0.717) is 17.1 Å². The molecule has 0 bridgehead atoms. The summed E-state index contributed by atoms with van der Waals surface area (Å²) in [6.07, 6.45) is -0.761. The second-order valence-electron chi connectivity index (χ2n) is 5.39. The molecule has 122 valence electrons. The molecule has 0 fully saturated rings. The molecule has 3 rings (SSSR count). The third-order valence-electron chi connectivity index (χ3n) is 3.69. The van der Waals surface area contributed by atoms with Gasteiger partial charge in [0, 0.05) is 0 Å². The molecule has 0 radical (unpaired) electrons. The van der Waals surface area contributed by atoms with Crippen molar-refractivity contribution in [2.75, 3.05) is 6.61 Å². The fraction of sp³-hybridized carbons (Fsp3) is 0.222. The van der Waals surface area contributed by atoms with Gasteiger partial charge in [0.15, 0.2) is 0 Å². The van der Waals surface area contributed by atoms with Crippen LogP contribution >= 0.6 is 0 Å². The zero-order valence-corrected chi connectivity index (χ0v) is 13.0. The van der Waals surface area contributed by atoms with E-state index in [1.54, 1.807) is 28.8 Å². The first kappa shape index (κ1) is 16.0. The molecule has 2 N–H and O–H groups in total. The highest BCUT2D eigenvalue weighted by atomic mass is 16.5. The van der Waals surface area contributed by atoms with Crippen LogP contribution in [0.25, 0.3) is 11.0 Å². The van der Waals surface area contributed by atoms with E-state index in [2.05, 4.69) is 4.98 Å². The average molecular weight is 323 g/mol. The van der Waals surface area contributed by atoms with Gasteiger partial charge in [-0.2, -0.15) is 5.26 Å². The van der Waals surface area contributed by atoms with Crippen LogP contribution in [0.15, 0.2) is 48.5 Å². The zero-order chi connectivity index (χ0) is 16.9. The summed E-state index contributed by atoms with van der Waals surface area (Å²) in [5.41, 5.74) is 2.20. The zero-order valence-electron chi connectivity index (χ0n) is 13.0. The van der Waals surface area contributed by atoms with E-state index in [0.717, 1.165) is 11.0 Å². The maximum atomic E-state index is 10.3. The van der Waals surface area contributed by atoms with E-state index < -0.39 is 6.10 Å². The Morgan fingerprint density at radius 2 is 1.92 bits per heavy atom. The molecule has 1 heterocycles. The van der Waals surface area contributed by atoms with Crippen molar-refractivity contribution in [3.05, 3.63) is 59.9 Å². The summed E-state index contributed by atoms with van der Waals surface area (Å²) in [7, 11) is 0. The number of benzene rings is 2. The number of para-hydroxylation sites is 2. The lowest BCUT2D eigenvalue weighted by Crippen LogP contribution is -2.24. The number of rotatable bonds is 6. The third kappa shape index (κ3) is 3.38. The number of fused-ring (bicyclic) bond motifs is 1. The molecule has 6 heteroatoms. The first-order valence-electron chi connectivity index (χ1n) is 7.57. The van der Waals surface area contributed by atoms with Crippen molar-refractivity contribution in [1.82, 2.24) is 9.55 Å². The molecule has 0 saturated heterocycles. The lowest BCUT2D eigenvalue weighted by Gasteiger charge is -2.15. The summed E-state index contributed by atoms with van der Waals surface area (Å²) in [4.78, 5) is 4.35. The number of ether oxygens (including phenoxy) is 1. The van der Waals surface area contributed by atoms with Crippen LogP contribution in [0.5, 0.6) is 5.75 Å². The molecule has 3 aromatic rings. The quantitative estimate of drug-likeness (QED) is 0.722. The highest BCUT2D eigenvalue weighted by Gasteiger charge is 2.14. The Morgan fingerprint density at radius 1 is 1.17 bits per heavy atom. The lowest BCUT2D eigenvalue weighted by molar-refractivity contribution is 0.0915. The standard InChI is InChI=1S/C18H17N3O3/c19-9-13-5-7-15(8-6-13)24-12-14(23)10-21-17-4-2-1-3-16(17)20-18(21)11-22/h1-8,14,22-23H,10-12H2. The Balaban J connectivity index is 1.68. The van der Waals surface area contributed by atoms with Gasteiger partial charge in [-0.1, -0.05) is 12.1 Å². The van der Waals surface area contributed by atoms with E-state index in [4.69, 9.17) is 10.00 Å². The van der Waals surface area contributed by atoms with Crippen molar-refractivity contribution in [2.45, 2.75) is 19.3 Å². The molecule has 0 amide bonds. The van der Waals surface area contributed by atoms with Gasteiger partial charge in [-0.05, 0) is 36.4 Å². The Bertz CT molecular complexity index is 865. The molecular formula is C18H17N3O3. The average Bonchev–Trinajstić information content (AvgIpc) is 2.98. The number of nitriles is 1. The van der Waals surface area contributed by atoms with Gasteiger partial charge in [0.25, 0.3) is 0 Å². The second kappa shape index (κ2) is 7.13. The van der Waals surface area contributed by atoms with Crippen LogP contribution in [0.2, 0.25) is 0 Å². The number of aliphatic hydroxyl groups excluding tert-OH is 2. The molecule has 0 aliphatic carbocycles. The summed E-state index contributed by atoms with van der Waals surface area (Å²) in [5.74, 6) is 1.10. The Labute approximate surface area is 139 Å². The van der Waals surface area contributed by atoms with Gasteiger partial charge in [-0.3, -0.25) is 0 Å². The first-order chi connectivity index (χ1) is 11.7. The van der Waals surface area contributed by atoms with E-state index in [1.807, 2.05) is 30.3 Å². The maximum Gasteiger partial charge on any atom is 0.135 e. The van der Waals surface area contributed by atoms with Crippen molar-refractivity contribution in [3.8, 4) is 11.8 Å². The Hall–Kier alpha value is -2.88. The number of nitrogens with zero attached hydrogens (tertiary/aromatic N) is 3. The van der Waals surface area contributed by atoms with E-state index in [1.165, 1.54) is 0 Å². The van der Waals surface area contributed by atoms with Crippen LogP contribution in [0.3, 0.4) is 0 Å². The number of aliphatic hydroxyl groups is 2. The van der Waals surface area contributed by atoms with Crippen LogP contribution in [-0.4, -0.2) is 32.5 Å². The molecule has 2 aromatic carbocycles. The normalized spacial score (nSPS) is 12.0. The largest absolute Gasteiger partial charge is 0.491 e. The molecule has 0 saturated carbocycles. The predicted octanol–water partition coefficient (Wildman–Crippen LogP) is 1.84. The van der Waals surface area contributed by atoms with Crippen molar-refractivity contribution >= 4 is 11.0 Å². The molecule has 24 heavy (non-hydrogen) atoms. The maximum absolute atomic E-state index is 10.3. The van der Waals surface area contributed by atoms with Gasteiger partial charge in [-0.15, -0.1) is 0 Å². The van der Waals surface area contributed by atoms with E-state index in [9.17, 15) is 10.2 Å². The third-order valence-corrected chi connectivity index (χ3v) is 3.69. The van der Waals surface area contributed by atoms with Crippen molar-refractivity contribution in [3.63, 3.8) is 0 Å². The Kier molecular flexibility index (Phi) is 4.75. The van der Waals surface area contributed by atoms with Gasteiger partial charge in [0.2, 0.25) is 0 Å². The molecule has 0 spiro atoms. The van der Waals surface area contributed by atoms with Gasteiger partial charge < -0.3 is 19.5 Å². The van der Waals surface area contributed by atoms with Crippen LogP contribution < -0.4 is 4.74 Å². The summed E-state index contributed by atoms with van der Waals surface area (Å²) in [6.45, 7) is 0.174. The fourth-order valence-corrected chi connectivity index (χ4v) is 2.53. The number of imidazole rings is 1. The van der Waals surface area contributed by atoms with Crippen molar-refractivity contribution in [2.24, 2.45) is 0 Å². The molecule has 1 unspecified atom stereocenters. The van der Waals surface area contributed by atoms with Crippen LogP contribution in [0.4, 0.5) is 0 Å². The summed E-state index contributed by atoms with van der Waals surface area (Å²) < 4.78 is 7.34. The summed E-state index contributed by atoms with van der Waals surface area (Å²) >= 11 is 0. The SMILES string of the molecule is N#Cc1ccc(OCC(O)Cn2c(CO)nc3ccccc32)cc1. The predicted molar refractivity (Wildman–Crippen MR) is 88.3 cm³/mol. The Morgan fingerprint density at radius 3 is 2.62 bits per heavy atom. The van der Waals surface area contributed by atoms with Crippen molar-refractivity contribution in [1.29, 1.82) is 5.26 Å². The minimum atomic E-state index is -0.761. The summed E-state index contributed by atoms with van der Waals surface area (Å²) in [6, 6.07) is 16.3. The fourth-order valence-electron chi connectivity index (χ4n) is 2.53. The van der Waals surface area contributed by atoms with Gasteiger partial charge in [0.1, 0.15) is 30.9 Å². The lowest BCUT2D eigenvalue weighted by atomic mass is 10.2. The number of hydrogen-bond acceptors (Lipinski definition) is 5. The minimum absolute atomic E-state index is 0.100. The van der Waals surface area contributed by atoms with Crippen molar-refractivity contribution < 1.29 is 14.9 Å². The number of hydrogen-bond donors (Lipinski definition) is 2. The molecule has 1 aromatic heterocycles. The highest BCUT2D eigenvalue weighted by Crippen LogP contribution is 2.17. The van der Waals surface area contributed by atoms with Gasteiger partial charge in [-0.25, -0.2) is 4.98 Å². The van der Waals surface area contributed by atoms with Crippen LogP contribution in [0, 0.1) is 11.3 Å². The van der Waals surface area contributed by atoms with Crippen LogP contribution in [0.1, 0.15) is 11.4 Å². The highest BCUT2D eigenvalue weighted by molar-refractivity contribution is 5.75. The topological polar surface area (TPSA) is 91.3 Å².